The van der Waals surface area contributed by atoms with Crippen molar-refractivity contribution < 1.29 is 14.3 Å². The number of carbonyl (C=O) groups is 1. The van der Waals surface area contributed by atoms with E-state index in [2.05, 4.69) is 15.6 Å². The molecule has 1 aromatic rings. The average Bonchev–Trinajstić information content (AvgIpc) is 3.34. The Balaban J connectivity index is 1.25. The summed E-state index contributed by atoms with van der Waals surface area (Å²) < 4.78 is 12.9. The first-order valence-corrected chi connectivity index (χ1v) is 9.99. The smallest absolute Gasteiger partial charge is 0.223 e. The number of hydrogen-bond acceptors (Lipinski definition) is 5. The number of aryl methyl sites for hydroxylation is 1. The minimum Gasteiger partial charge on any atom is -0.381 e. The second-order valence-electron chi connectivity index (χ2n) is 7.64. The molecule has 2 fully saturated rings. The number of aromatic nitrogens is 2. The Bertz CT molecular complexity index is 606. The molecular weight excluding hydrogens is 332 g/mol. The summed E-state index contributed by atoms with van der Waals surface area (Å²) in [6.45, 7) is 8.77. The number of hydrogen-bond donors (Lipinski definition) is 0. The van der Waals surface area contributed by atoms with E-state index >= 15 is 0 Å². The minimum absolute atomic E-state index is 0.222. The lowest BCUT2D eigenvalue weighted by atomic mass is 10.0. The number of rotatable bonds is 6. The van der Waals surface area contributed by atoms with E-state index in [-0.39, 0.29) is 5.91 Å². The van der Waals surface area contributed by atoms with Crippen molar-refractivity contribution in [2.45, 2.75) is 38.8 Å². The molecule has 7 nitrogen and oxygen atoms in total. The molecule has 0 radical (unpaired) electrons. The van der Waals surface area contributed by atoms with Crippen LogP contribution in [0.2, 0.25) is 0 Å². The Hall–Kier alpha value is -1.44. The van der Waals surface area contributed by atoms with Crippen LogP contribution < -0.4 is 0 Å². The normalized spacial score (nSPS) is 24.0. The first-order chi connectivity index (χ1) is 12.8. The van der Waals surface area contributed by atoms with E-state index in [0.29, 0.717) is 19.6 Å². The summed E-state index contributed by atoms with van der Waals surface area (Å²) in [4.78, 5) is 16.7. The van der Waals surface area contributed by atoms with Crippen LogP contribution in [0.25, 0.3) is 0 Å². The van der Waals surface area contributed by atoms with E-state index < -0.39 is 0 Å². The predicted octanol–water partition coefficient (Wildman–Crippen LogP) is 0.917. The molecule has 3 aliphatic rings. The standard InChI is InChI=1S/C19H30N4O3/c24-19(22-8-11-25-12-9-22)2-1-17-13-18-14-21(6-7-23(18)20-17)5-3-16-4-10-26-15-16/h13,16H,1-12,14-15H2. The average molecular weight is 362 g/mol. The molecule has 1 unspecified atom stereocenters. The van der Waals surface area contributed by atoms with E-state index in [1.165, 1.54) is 18.5 Å². The van der Waals surface area contributed by atoms with Gasteiger partial charge in [-0.15, -0.1) is 0 Å². The van der Waals surface area contributed by atoms with Gasteiger partial charge in [0.15, 0.2) is 0 Å². The van der Waals surface area contributed by atoms with Gasteiger partial charge in [-0.3, -0.25) is 14.4 Å². The number of fused-ring (bicyclic) bond motifs is 1. The third kappa shape index (κ3) is 4.45. The maximum Gasteiger partial charge on any atom is 0.223 e. The highest BCUT2D eigenvalue weighted by Crippen LogP contribution is 2.20. The quantitative estimate of drug-likeness (QED) is 0.753. The molecule has 26 heavy (non-hydrogen) atoms. The fraction of sp³-hybridized carbons (Fsp3) is 0.789. The van der Waals surface area contributed by atoms with E-state index in [4.69, 9.17) is 14.6 Å². The van der Waals surface area contributed by atoms with Crippen molar-refractivity contribution in [2.75, 3.05) is 52.6 Å². The lowest BCUT2D eigenvalue weighted by molar-refractivity contribution is -0.135. The highest BCUT2D eigenvalue weighted by molar-refractivity contribution is 5.76. The predicted molar refractivity (Wildman–Crippen MR) is 96.8 cm³/mol. The van der Waals surface area contributed by atoms with Gasteiger partial charge in [0.1, 0.15) is 0 Å². The van der Waals surface area contributed by atoms with Crippen molar-refractivity contribution >= 4 is 5.91 Å². The molecule has 1 amide bonds. The van der Waals surface area contributed by atoms with Crippen LogP contribution in [0.5, 0.6) is 0 Å². The summed E-state index contributed by atoms with van der Waals surface area (Å²) in [5, 5.41) is 4.71. The summed E-state index contributed by atoms with van der Waals surface area (Å²) in [5.74, 6) is 0.961. The maximum atomic E-state index is 12.3. The van der Waals surface area contributed by atoms with E-state index in [1.54, 1.807) is 0 Å². The Morgan fingerprint density at radius 2 is 2.04 bits per heavy atom. The molecule has 0 bridgehead atoms. The Morgan fingerprint density at radius 3 is 2.85 bits per heavy atom. The molecule has 4 rings (SSSR count). The molecule has 0 N–H and O–H groups in total. The molecule has 1 atom stereocenters. The lowest BCUT2D eigenvalue weighted by Gasteiger charge is -2.28. The third-order valence-electron chi connectivity index (χ3n) is 5.76. The largest absolute Gasteiger partial charge is 0.381 e. The van der Waals surface area contributed by atoms with E-state index in [9.17, 15) is 4.79 Å². The first kappa shape index (κ1) is 17.9. The molecule has 7 heteroatoms. The van der Waals surface area contributed by atoms with Gasteiger partial charge in [-0.05, 0) is 31.4 Å². The van der Waals surface area contributed by atoms with E-state index in [0.717, 1.165) is 70.5 Å². The topological polar surface area (TPSA) is 59.8 Å². The zero-order chi connectivity index (χ0) is 17.8. The van der Waals surface area contributed by atoms with Crippen LogP contribution in [0.1, 0.15) is 30.7 Å². The van der Waals surface area contributed by atoms with Crippen LogP contribution in [0.4, 0.5) is 0 Å². The zero-order valence-corrected chi connectivity index (χ0v) is 15.6. The molecule has 0 saturated carbocycles. The molecule has 2 saturated heterocycles. The van der Waals surface area contributed by atoms with Gasteiger partial charge < -0.3 is 14.4 Å². The van der Waals surface area contributed by atoms with Gasteiger partial charge >= 0.3 is 0 Å². The van der Waals surface area contributed by atoms with Gasteiger partial charge in [0, 0.05) is 52.2 Å². The Morgan fingerprint density at radius 1 is 1.15 bits per heavy atom. The zero-order valence-electron chi connectivity index (χ0n) is 15.6. The van der Waals surface area contributed by atoms with Crippen molar-refractivity contribution in [3.8, 4) is 0 Å². The van der Waals surface area contributed by atoms with Gasteiger partial charge in [-0.1, -0.05) is 0 Å². The second-order valence-corrected chi connectivity index (χ2v) is 7.64. The Kier molecular flexibility index (Phi) is 5.87. The molecule has 4 heterocycles. The van der Waals surface area contributed by atoms with E-state index in [1.807, 2.05) is 4.90 Å². The summed E-state index contributed by atoms with van der Waals surface area (Å²) >= 11 is 0. The van der Waals surface area contributed by atoms with Crippen molar-refractivity contribution in [3.05, 3.63) is 17.5 Å². The molecule has 0 aromatic carbocycles. The molecule has 0 aliphatic carbocycles. The molecule has 0 spiro atoms. The van der Waals surface area contributed by atoms with Gasteiger partial charge in [0.2, 0.25) is 5.91 Å². The van der Waals surface area contributed by atoms with Crippen molar-refractivity contribution in [1.29, 1.82) is 0 Å². The van der Waals surface area contributed by atoms with Gasteiger partial charge in [0.25, 0.3) is 0 Å². The fourth-order valence-electron chi connectivity index (χ4n) is 4.08. The number of carbonyl (C=O) groups excluding carboxylic acids is 1. The number of amides is 1. The first-order valence-electron chi connectivity index (χ1n) is 9.99. The summed E-state index contributed by atoms with van der Waals surface area (Å²) in [6, 6.07) is 2.19. The van der Waals surface area contributed by atoms with Crippen LogP contribution in [0.3, 0.4) is 0 Å². The summed E-state index contributed by atoms with van der Waals surface area (Å²) in [5.41, 5.74) is 2.33. The third-order valence-corrected chi connectivity index (χ3v) is 5.76. The second kappa shape index (κ2) is 8.50. The van der Waals surface area contributed by atoms with Crippen LogP contribution >= 0.6 is 0 Å². The van der Waals surface area contributed by atoms with Gasteiger partial charge in [-0.25, -0.2) is 0 Å². The summed E-state index contributed by atoms with van der Waals surface area (Å²) in [6.07, 6.45) is 3.72. The van der Waals surface area contributed by atoms with Crippen molar-refractivity contribution in [3.63, 3.8) is 0 Å². The highest BCUT2D eigenvalue weighted by atomic mass is 16.5. The van der Waals surface area contributed by atoms with Gasteiger partial charge in [-0.2, -0.15) is 5.10 Å². The molecular formula is C19H30N4O3. The number of ether oxygens (including phenoxy) is 2. The van der Waals surface area contributed by atoms with Crippen LogP contribution in [-0.4, -0.2) is 78.1 Å². The minimum atomic E-state index is 0.222. The molecule has 144 valence electrons. The highest BCUT2D eigenvalue weighted by Gasteiger charge is 2.22. The molecule has 3 aliphatic heterocycles. The van der Waals surface area contributed by atoms with Crippen molar-refractivity contribution in [2.24, 2.45) is 5.92 Å². The summed E-state index contributed by atoms with van der Waals surface area (Å²) in [7, 11) is 0. The lowest BCUT2D eigenvalue weighted by Crippen LogP contribution is -2.40. The van der Waals surface area contributed by atoms with Crippen LogP contribution in [0.15, 0.2) is 6.07 Å². The van der Waals surface area contributed by atoms with Gasteiger partial charge in [0.05, 0.1) is 31.1 Å². The number of morpholine rings is 1. The molecule has 1 aromatic heterocycles. The Labute approximate surface area is 155 Å². The fourth-order valence-corrected chi connectivity index (χ4v) is 4.08. The van der Waals surface area contributed by atoms with Crippen molar-refractivity contribution in [1.82, 2.24) is 19.6 Å². The van der Waals surface area contributed by atoms with Crippen LogP contribution in [-0.2, 0) is 33.8 Å². The monoisotopic (exact) mass is 362 g/mol. The van der Waals surface area contributed by atoms with Crippen LogP contribution in [0, 0.1) is 5.92 Å². The SMILES string of the molecule is O=C(CCc1cc2n(n1)CCN(CCC1CCOC1)C2)N1CCOCC1. The maximum absolute atomic E-state index is 12.3. The number of nitrogens with zero attached hydrogens (tertiary/aromatic N) is 4.